The fraction of sp³-hybridized carbons (Fsp3) is 0.154. The van der Waals surface area contributed by atoms with Gasteiger partial charge in [-0.15, -0.1) is 0 Å². The summed E-state index contributed by atoms with van der Waals surface area (Å²) in [5.74, 6) is 1.11. The number of benzene rings is 1. The molecule has 2 aromatic heterocycles. The molecule has 0 aliphatic heterocycles. The molecule has 0 saturated carbocycles. The van der Waals surface area contributed by atoms with Crippen LogP contribution in [0.5, 0.6) is 0 Å². The van der Waals surface area contributed by atoms with E-state index in [0.29, 0.717) is 22.9 Å². The average molecular weight is 257 g/mol. The van der Waals surface area contributed by atoms with Crippen LogP contribution < -0.4 is 0 Å². The molecule has 6 nitrogen and oxygen atoms in total. The fourth-order valence-corrected chi connectivity index (χ4v) is 1.84. The molecule has 0 unspecified atom stereocenters. The van der Waals surface area contributed by atoms with E-state index in [0.717, 1.165) is 5.56 Å². The van der Waals surface area contributed by atoms with Crippen LogP contribution in [0.3, 0.4) is 0 Å². The zero-order valence-electron chi connectivity index (χ0n) is 10.2. The molecular weight excluding hydrogens is 246 g/mol. The Bertz CT molecular complexity index is 688. The van der Waals surface area contributed by atoms with Gasteiger partial charge < -0.3 is 14.2 Å². The highest BCUT2D eigenvalue weighted by Gasteiger charge is 2.21. The second-order valence-electron chi connectivity index (χ2n) is 4.00. The minimum absolute atomic E-state index is 0.231. The normalized spacial score (nSPS) is 10.8. The monoisotopic (exact) mass is 257 g/mol. The Morgan fingerprint density at radius 3 is 2.58 bits per heavy atom. The van der Waals surface area contributed by atoms with Crippen LogP contribution in [0.4, 0.5) is 0 Å². The van der Waals surface area contributed by atoms with Crippen molar-refractivity contribution in [1.82, 2.24) is 15.3 Å². The van der Waals surface area contributed by atoms with E-state index in [1.165, 1.54) is 0 Å². The van der Waals surface area contributed by atoms with Crippen LogP contribution in [0.1, 0.15) is 11.6 Å². The molecule has 1 aromatic carbocycles. The van der Waals surface area contributed by atoms with Crippen LogP contribution in [-0.2, 0) is 6.61 Å². The number of aromatic nitrogens is 3. The van der Waals surface area contributed by atoms with Crippen molar-refractivity contribution >= 4 is 0 Å². The van der Waals surface area contributed by atoms with E-state index in [9.17, 15) is 0 Å². The Labute approximate surface area is 108 Å². The number of hydrogen-bond acceptors (Lipinski definition) is 6. The Balaban J connectivity index is 2.14. The third-order valence-electron chi connectivity index (χ3n) is 2.73. The highest BCUT2D eigenvalue weighted by atomic mass is 16.5. The summed E-state index contributed by atoms with van der Waals surface area (Å²) in [6.07, 6.45) is 0. The second kappa shape index (κ2) is 4.66. The molecule has 1 N–H and O–H groups in total. The number of aliphatic hydroxyl groups is 1. The molecule has 0 fully saturated rings. The van der Waals surface area contributed by atoms with Gasteiger partial charge in [0.1, 0.15) is 23.6 Å². The van der Waals surface area contributed by atoms with Gasteiger partial charge in [0, 0.05) is 5.56 Å². The van der Waals surface area contributed by atoms with Gasteiger partial charge in [-0.2, -0.15) is 4.98 Å². The number of aryl methyl sites for hydroxylation is 1. The van der Waals surface area contributed by atoms with Crippen LogP contribution in [-0.4, -0.2) is 20.4 Å². The molecule has 3 aromatic rings. The van der Waals surface area contributed by atoms with Gasteiger partial charge in [-0.1, -0.05) is 40.6 Å². The lowest BCUT2D eigenvalue weighted by molar-refractivity contribution is 0.264. The van der Waals surface area contributed by atoms with E-state index in [4.69, 9.17) is 14.2 Å². The number of nitrogens with zero attached hydrogens (tertiary/aromatic N) is 3. The van der Waals surface area contributed by atoms with Crippen LogP contribution in [0, 0.1) is 6.92 Å². The molecule has 96 valence electrons. The molecule has 0 bridgehead atoms. The Morgan fingerprint density at radius 2 is 1.89 bits per heavy atom. The van der Waals surface area contributed by atoms with E-state index in [2.05, 4.69) is 15.3 Å². The van der Waals surface area contributed by atoms with Gasteiger partial charge in [0.15, 0.2) is 5.82 Å². The lowest BCUT2D eigenvalue weighted by Gasteiger charge is -1.97. The van der Waals surface area contributed by atoms with E-state index in [1.54, 1.807) is 6.92 Å². The van der Waals surface area contributed by atoms with Crippen LogP contribution in [0.15, 0.2) is 39.4 Å². The number of rotatable bonds is 3. The summed E-state index contributed by atoms with van der Waals surface area (Å²) in [5, 5.41) is 16.7. The Hall–Kier alpha value is -2.47. The van der Waals surface area contributed by atoms with E-state index in [1.807, 2.05) is 30.3 Å². The summed E-state index contributed by atoms with van der Waals surface area (Å²) in [6.45, 7) is 1.51. The summed E-state index contributed by atoms with van der Waals surface area (Å²) >= 11 is 0. The maximum absolute atomic E-state index is 8.98. The standard InChI is InChI=1S/C13H11N3O3/c1-8-11(13-14-10(7-17)15-19-13)12(16-18-8)9-5-3-2-4-6-9/h2-6,17H,7H2,1H3. The van der Waals surface area contributed by atoms with Crippen LogP contribution in [0.25, 0.3) is 22.7 Å². The summed E-state index contributed by atoms with van der Waals surface area (Å²) in [6, 6.07) is 9.59. The molecule has 2 heterocycles. The molecule has 0 aliphatic carbocycles. The van der Waals surface area contributed by atoms with Gasteiger partial charge in [0.25, 0.3) is 5.89 Å². The largest absolute Gasteiger partial charge is 0.388 e. The van der Waals surface area contributed by atoms with Gasteiger partial charge in [0.2, 0.25) is 0 Å². The molecule has 3 rings (SSSR count). The molecule has 0 aliphatic rings. The predicted molar refractivity (Wildman–Crippen MR) is 65.9 cm³/mol. The summed E-state index contributed by atoms with van der Waals surface area (Å²) in [4.78, 5) is 4.09. The molecule has 6 heteroatoms. The van der Waals surface area contributed by atoms with Crippen LogP contribution in [0.2, 0.25) is 0 Å². The number of aliphatic hydroxyl groups excluding tert-OH is 1. The van der Waals surface area contributed by atoms with Crippen molar-refractivity contribution < 1.29 is 14.2 Å². The molecule has 0 saturated heterocycles. The summed E-state index contributed by atoms with van der Waals surface area (Å²) < 4.78 is 10.3. The zero-order valence-corrected chi connectivity index (χ0v) is 10.2. The Morgan fingerprint density at radius 1 is 1.11 bits per heavy atom. The molecular formula is C13H11N3O3. The minimum Gasteiger partial charge on any atom is -0.388 e. The Kier molecular flexibility index (Phi) is 2.85. The first-order valence-electron chi connectivity index (χ1n) is 5.75. The first-order valence-corrected chi connectivity index (χ1v) is 5.75. The van der Waals surface area contributed by atoms with Crippen molar-refractivity contribution in [3.63, 3.8) is 0 Å². The third-order valence-corrected chi connectivity index (χ3v) is 2.73. The SMILES string of the molecule is Cc1onc(-c2ccccc2)c1-c1nc(CO)no1. The van der Waals surface area contributed by atoms with E-state index >= 15 is 0 Å². The smallest absolute Gasteiger partial charge is 0.263 e. The average Bonchev–Trinajstić information content (AvgIpc) is 3.05. The zero-order chi connectivity index (χ0) is 13.2. The molecule has 0 atom stereocenters. The van der Waals surface area contributed by atoms with Gasteiger partial charge in [0.05, 0.1) is 0 Å². The fourth-order valence-electron chi connectivity index (χ4n) is 1.84. The first kappa shape index (κ1) is 11.6. The van der Waals surface area contributed by atoms with Crippen molar-refractivity contribution in [2.75, 3.05) is 0 Å². The number of hydrogen-bond donors (Lipinski definition) is 1. The highest BCUT2D eigenvalue weighted by molar-refractivity contribution is 5.77. The molecule has 0 spiro atoms. The van der Waals surface area contributed by atoms with Crippen molar-refractivity contribution in [2.45, 2.75) is 13.5 Å². The second-order valence-corrected chi connectivity index (χ2v) is 4.00. The van der Waals surface area contributed by atoms with Crippen molar-refractivity contribution in [3.05, 3.63) is 41.9 Å². The predicted octanol–water partition coefficient (Wildman–Crippen LogP) is 2.19. The first-order chi connectivity index (χ1) is 9.29. The van der Waals surface area contributed by atoms with Gasteiger partial charge >= 0.3 is 0 Å². The highest BCUT2D eigenvalue weighted by Crippen LogP contribution is 2.32. The third kappa shape index (κ3) is 2.02. The van der Waals surface area contributed by atoms with Crippen molar-refractivity contribution in [2.24, 2.45) is 0 Å². The maximum atomic E-state index is 8.98. The quantitative estimate of drug-likeness (QED) is 0.774. The maximum Gasteiger partial charge on any atom is 0.263 e. The van der Waals surface area contributed by atoms with Crippen molar-refractivity contribution in [3.8, 4) is 22.7 Å². The van der Waals surface area contributed by atoms with Crippen LogP contribution >= 0.6 is 0 Å². The van der Waals surface area contributed by atoms with E-state index in [-0.39, 0.29) is 12.4 Å². The molecule has 0 radical (unpaired) electrons. The van der Waals surface area contributed by atoms with E-state index < -0.39 is 0 Å². The lowest BCUT2D eigenvalue weighted by atomic mass is 10.1. The summed E-state index contributed by atoms with van der Waals surface area (Å²) in [5.41, 5.74) is 2.20. The topological polar surface area (TPSA) is 85.2 Å². The van der Waals surface area contributed by atoms with Gasteiger partial charge in [-0.3, -0.25) is 0 Å². The lowest BCUT2D eigenvalue weighted by Crippen LogP contribution is -1.87. The van der Waals surface area contributed by atoms with Gasteiger partial charge in [-0.05, 0) is 6.92 Å². The van der Waals surface area contributed by atoms with Crippen molar-refractivity contribution in [1.29, 1.82) is 0 Å². The minimum atomic E-state index is -0.269. The molecule has 0 amide bonds. The summed E-state index contributed by atoms with van der Waals surface area (Å²) in [7, 11) is 0. The molecule has 19 heavy (non-hydrogen) atoms. The van der Waals surface area contributed by atoms with Gasteiger partial charge in [-0.25, -0.2) is 0 Å².